The maximum Gasteiger partial charge on any atom is 0.247 e. The fraction of sp³-hybridized carbons (Fsp3) is 0.304. The Hall–Kier alpha value is -2.81. The van der Waals surface area contributed by atoms with Gasteiger partial charge in [-0.15, -0.1) is 0 Å². The van der Waals surface area contributed by atoms with Crippen LogP contribution < -0.4 is 4.74 Å². The monoisotopic (exact) mass is 436 g/mol. The standard InChI is InChI=1S/C23H24N4O3S/c28-31(29)22-9-2-1-8-21(22)30-23(18-27(31)16-20-7-3-4-12-25-20)10-13-26(17-23)15-19-6-5-11-24-14-19/h1-9,11-12,14H,10,13,15-18H2. The van der Waals surface area contributed by atoms with Crippen LogP contribution in [0.15, 0.2) is 78.1 Å². The van der Waals surface area contributed by atoms with Gasteiger partial charge in [-0.1, -0.05) is 24.3 Å². The zero-order valence-corrected chi connectivity index (χ0v) is 17.9. The number of hydrogen-bond acceptors (Lipinski definition) is 6. The van der Waals surface area contributed by atoms with Crippen molar-refractivity contribution in [3.63, 3.8) is 0 Å². The van der Waals surface area contributed by atoms with Crippen molar-refractivity contribution in [3.8, 4) is 5.75 Å². The average Bonchev–Trinajstić information content (AvgIpc) is 3.13. The summed E-state index contributed by atoms with van der Waals surface area (Å²) >= 11 is 0. The molecule has 1 aromatic carbocycles. The second kappa shape index (κ2) is 8.03. The van der Waals surface area contributed by atoms with E-state index in [0.29, 0.717) is 18.0 Å². The van der Waals surface area contributed by atoms with Gasteiger partial charge >= 0.3 is 0 Å². The fourth-order valence-electron chi connectivity index (χ4n) is 4.40. The minimum Gasteiger partial charge on any atom is -0.483 e. The van der Waals surface area contributed by atoms with Crippen molar-refractivity contribution in [2.75, 3.05) is 19.6 Å². The molecule has 7 nitrogen and oxygen atoms in total. The number of aromatic nitrogens is 2. The van der Waals surface area contributed by atoms with E-state index in [4.69, 9.17) is 4.74 Å². The highest BCUT2D eigenvalue weighted by Gasteiger charge is 2.47. The lowest BCUT2D eigenvalue weighted by Gasteiger charge is -2.32. The minimum atomic E-state index is -3.72. The summed E-state index contributed by atoms with van der Waals surface area (Å²) < 4.78 is 35.1. The molecule has 1 atom stereocenters. The number of pyridine rings is 2. The molecule has 31 heavy (non-hydrogen) atoms. The Morgan fingerprint density at radius 2 is 1.84 bits per heavy atom. The SMILES string of the molecule is O=S1(=O)c2ccccc2OC2(CCN(Cc3cccnc3)C2)CN1Cc1ccccn1. The Morgan fingerprint density at radius 1 is 0.968 bits per heavy atom. The van der Waals surface area contributed by atoms with E-state index in [1.54, 1.807) is 30.6 Å². The lowest BCUT2D eigenvalue weighted by atomic mass is 10.0. The first-order chi connectivity index (χ1) is 15.0. The maximum absolute atomic E-state index is 13.5. The van der Waals surface area contributed by atoms with E-state index in [1.165, 1.54) is 4.31 Å². The van der Waals surface area contributed by atoms with E-state index in [0.717, 1.165) is 25.1 Å². The van der Waals surface area contributed by atoms with Gasteiger partial charge in [-0.25, -0.2) is 8.42 Å². The molecule has 2 aliphatic heterocycles. The molecule has 0 saturated carbocycles. The lowest BCUT2D eigenvalue weighted by Crippen LogP contribution is -2.49. The van der Waals surface area contributed by atoms with Crippen LogP contribution in [0.4, 0.5) is 0 Å². The van der Waals surface area contributed by atoms with Crippen molar-refractivity contribution in [1.82, 2.24) is 19.2 Å². The number of rotatable bonds is 4. The van der Waals surface area contributed by atoms with Crippen LogP contribution in [0.5, 0.6) is 5.75 Å². The summed E-state index contributed by atoms with van der Waals surface area (Å²) in [6.07, 6.45) is 6.06. The first-order valence-corrected chi connectivity index (χ1v) is 11.8. The highest BCUT2D eigenvalue weighted by atomic mass is 32.2. The minimum absolute atomic E-state index is 0.214. The zero-order chi connectivity index (χ0) is 21.3. The number of fused-ring (bicyclic) bond motifs is 1. The first kappa shape index (κ1) is 20.1. The summed E-state index contributed by atoms with van der Waals surface area (Å²) in [6, 6.07) is 16.5. The largest absolute Gasteiger partial charge is 0.483 e. The number of benzene rings is 1. The molecule has 0 N–H and O–H groups in total. The molecule has 0 aliphatic carbocycles. The predicted molar refractivity (Wildman–Crippen MR) is 116 cm³/mol. The van der Waals surface area contributed by atoms with Crippen LogP contribution in [0.25, 0.3) is 0 Å². The van der Waals surface area contributed by atoms with Gasteiger partial charge in [0.1, 0.15) is 16.2 Å². The molecule has 3 aromatic rings. The van der Waals surface area contributed by atoms with Crippen LogP contribution in [0.2, 0.25) is 0 Å². The van der Waals surface area contributed by atoms with E-state index in [2.05, 4.69) is 20.9 Å². The Bertz CT molecular complexity index is 1160. The van der Waals surface area contributed by atoms with Gasteiger partial charge in [0.15, 0.2) is 0 Å². The average molecular weight is 437 g/mol. The van der Waals surface area contributed by atoms with Gasteiger partial charge in [-0.3, -0.25) is 14.9 Å². The quantitative estimate of drug-likeness (QED) is 0.626. The van der Waals surface area contributed by atoms with E-state index in [1.807, 2.05) is 36.5 Å². The molecule has 0 radical (unpaired) electrons. The number of para-hydroxylation sites is 1. The second-order valence-corrected chi connectivity index (χ2v) is 10.1. The molecule has 1 unspecified atom stereocenters. The van der Waals surface area contributed by atoms with Gasteiger partial charge in [-0.2, -0.15) is 4.31 Å². The van der Waals surface area contributed by atoms with Gasteiger partial charge in [-0.05, 0) is 35.9 Å². The predicted octanol–water partition coefficient (Wildman–Crippen LogP) is 2.70. The Morgan fingerprint density at radius 3 is 2.65 bits per heavy atom. The van der Waals surface area contributed by atoms with E-state index < -0.39 is 15.6 Å². The summed E-state index contributed by atoms with van der Waals surface area (Å²) in [7, 11) is -3.72. The second-order valence-electron chi connectivity index (χ2n) is 8.15. The third kappa shape index (κ3) is 4.06. The van der Waals surface area contributed by atoms with Crippen LogP contribution in [0, 0.1) is 0 Å². The third-order valence-electron chi connectivity index (χ3n) is 5.85. The van der Waals surface area contributed by atoms with Crippen LogP contribution >= 0.6 is 0 Å². The van der Waals surface area contributed by atoms with Gasteiger partial charge in [0.25, 0.3) is 0 Å². The normalized spacial score (nSPS) is 23.2. The molecule has 1 fully saturated rings. The van der Waals surface area contributed by atoms with E-state index in [9.17, 15) is 8.42 Å². The highest BCUT2D eigenvalue weighted by Crippen LogP contribution is 2.39. The van der Waals surface area contributed by atoms with Crippen molar-refractivity contribution < 1.29 is 13.2 Å². The zero-order valence-electron chi connectivity index (χ0n) is 17.1. The molecule has 8 heteroatoms. The molecule has 1 spiro atoms. The van der Waals surface area contributed by atoms with E-state index in [-0.39, 0.29) is 18.0 Å². The number of ether oxygens (including phenoxy) is 1. The molecule has 160 valence electrons. The molecule has 2 aliphatic rings. The van der Waals surface area contributed by atoms with E-state index >= 15 is 0 Å². The molecular weight excluding hydrogens is 412 g/mol. The summed E-state index contributed by atoms with van der Waals surface area (Å²) in [6.45, 7) is 2.72. The van der Waals surface area contributed by atoms with Gasteiger partial charge in [0, 0.05) is 44.6 Å². The van der Waals surface area contributed by atoms with Crippen molar-refractivity contribution in [2.24, 2.45) is 0 Å². The maximum atomic E-state index is 13.5. The van der Waals surface area contributed by atoms with Crippen LogP contribution in [0.3, 0.4) is 0 Å². The summed E-state index contributed by atoms with van der Waals surface area (Å²) in [5, 5.41) is 0. The van der Waals surface area contributed by atoms with Gasteiger partial charge in [0.05, 0.1) is 18.8 Å². The van der Waals surface area contributed by atoms with Crippen molar-refractivity contribution in [1.29, 1.82) is 0 Å². The van der Waals surface area contributed by atoms with Crippen LogP contribution in [-0.4, -0.2) is 52.8 Å². The number of nitrogens with zero attached hydrogens (tertiary/aromatic N) is 4. The fourth-order valence-corrected chi connectivity index (χ4v) is 6.00. The smallest absolute Gasteiger partial charge is 0.247 e. The summed E-state index contributed by atoms with van der Waals surface area (Å²) in [5.41, 5.74) is 1.23. The Kier molecular flexibility index (Phi) is 5.21. The lowest BCUT2D eigenvalue weighted by molar-refractivity contribution is 0.0568. The Labute approximate surface area is 182 Å². The summed E-state index contributed by atoms with van der Waals surface area (Å²) in [4.78, 5) is 11.1. The first-order valence-electron chi connectivity index (χ1n) is 10.3. The number of sulfonamides is 1. The third-order valence-corrected chi connectivity index (χ3v) is 7.68. The topological polar surface area (TPSA) is 75.6 Å². The van der Waals surface area contributed by atoms with Crippen molar-refractivity contribution in [2.45, 2.75) is 30.0 Å². The molecule has 2 aromatic heterocycles. The molecule has 0 amide bonds. The van der Waals surface area contributed by atoms with Gasteiger partial charge in [0.2, 0.25) is 10.0 Å². The molecule has 5 rings (SSSR count). The van der Waals surface area contributed by atoms with Gasteiger partial charge < -0.3 is 4.74 Å². The summed E-state index contributed by atoms with van der Waals surface area (Å²) in [5.74, 6) is 0.425. The Balaban J connectivity index is 1.47. The number of likely N-dealkylation sites (tertiary alicyclic amines) is 1. The molecule has 0 bridgehead atoms. The highest BCUT2D eigenvalue weighted by molar-refractivity contribution is 7.89. The number of hydrogen-bond donors (Lipinski definition) is 0. The van der Waals surface area contributed by atoms with Crippen LogP contribution in [0.1, 0.15) is 17.7 Å². The van der Waals surface area contributed by atoms with Crippen LogP contribution in [-0.2, 0) is 23.1 Å². The molecular formula is C23H24N4O3S. The van der Waals surface area contributed by atoms with Crippen molar-refractivity contribution in [3.05, 3.63) is 84.4 Å². The molecule has 4 heterocycles. The molecule has 1 saturated heterocycles. The van der Waals surface area contributed by atoms with Crippen molar-refractivity contribution >= 4 is 10.0 Å².